The van der Waals surface area contributed by atoms with Crippen LogP contribution < -0.4 is 11.2 Å². The molecule has 9 aliphatic carbocycles. The summed E-state index contributed by atoms with van der Waals surface area (Å²) in [5.41, 5.74) is 6.12. The van der Waals surface area contributed by atoms with Gasteiger partial charge in [0.25, 0.3) is 0 Å². The monoisotopic (exact) mass is 554 g/mol. The van der Waals surface area contributed by atoms with E-state index in [1.54, 1.807) is 11.1 Å². The van der Waals surface area contributed by atoms with Crippen molar-refractivity contribution in [2.24, 2.45) is 35.5 Å². The van der Waals surface area contributed by atoms with Crippen molar-refractivity contribution >= 4 is 24.6 Å². The van der Waals surface area contributed by atoms with Crippen LogP contribution in [-0.2, 0) is 0 Å². The van der Waals surface area contributed by atoms with Crippen LogP contribution in [0.1, 0.15) is 89.9 Å². The summed E-state index contributed by atoms with van der Waals surface area (Å²) in [6.45, 7) is 1.13. The molecule has 0 amide bonds. The lowest BCUT2D eigenvalue weighted by molar-refractivity contribution is 0.0271. The molecule has 2 nitrogen and oxygen atoms in total. The van der Waals surface area contributed by atoms with Crippen LogP contribution in [0, 0.1) is 35.5 Å². The molecular weight excluding hydrogens is 506 g/mol. The van der Waals surface area contributed by atoms with Gasteiger partial charge in [-0.25, -0.2) is 0 Å². The van der Waals surface area contributed by atoms with E-state index in [0.29, 0.717) is 24.1 Å². The molecule has 0 atom stereocenters. The molecule has 9 aliphatic rings. The van der Waals surface area contributed by atoms with Gasteiger partial charge in [-0.3, -0.25) is 9.97 Å². The quantitative estimate of drug-likeness (QED) is 0.308. The molecule has 4 heteroatoms. The molecule has 0 aromatic carbocycles. The summed E-state index contributed by atoms with van der Waals surface area (Å²) < 4.78 is 0. The van der Waals surface area contributed by atoms with E-state index in [1.165, 1.54) is 114 Å². The van der Waals surface area contributed by atoms with E-state index < -0.39 is 0 Å². The van der Waals surface area contributed by atoms with Gasteiger partial charge in [-0.2, -0.15) is 0 Å². The smallest absolute Gasteiger partial charge is 0.211 e. The molecule has 2 aromatic rings. The highest BCUT2D eigenvalue weighted by Gasteiger charge is 2.58. The van der Waals surface area contributed by atoms with Crippen molar-refractivity contribution in [1.29, 1.82) is 0 Å². The van der Waals surface area contributed by atoms with Crippen LogP contribution in [0.15, 0.2) is 72.1 Å². The number of allylic oxidation sites excluding steroid dienone is 4. The van der Waals surface area contributed by atoms with Gasteiger partial charge in [0.1, 0.15) is 0 Å². The molecule has 8 saturated carbocycles. The predicted molar refractivity (Wildman–Crippen MR) is 176 cm³/mol. The van der Waals surface area contributed by atoms with Crippen molar-refractivity contribution in [3.8, 4) is 0 Å². The average Bonchev–Trinajstić information content (AvgIpc) is 2.98. The second kappa shape index (κ2) is 10.2. The predicted octanol–water partition coefficient (Wildman–Crippen LogP) is 8.17. The molecule has 0 saturated heterocycles. The molecule has 8 bridgehead atoms. The zero-order chi connectivity index (χ0) is 27.7. The standard InChI is InChI=1S/C38H48B2N2/c1-2-8-34(26-40(36-10-4-6-12-42-36)38-22-30-16-31(23-38)18-32(17-30)24-38)33(7-1)25-39(35-9-3-5-11-41-35)37-19-27-13-28(20-37)15-29(14-27)21-37/h3-12,27-32H,1-2,13-26H2. The second-order valence-corrected chi connectivity index (χ2v) is 16.6. The summed E-state index contributed by atoms with van der Waals surface area (Å²) in [4.78, 5) is 10.2. The van der Waals surface area contributed by atoms with Gasteiger partial charge in [0.2, 0.25) is 13.4 Å². The molecule has 11 rings (SSSR count). The second-order valence-electron chi connectivity index (χ2n) is 16.6. The first kappa shape index (κ1) is 26.3. The van der Waals surface area contributed by atoms with Gasteiger partial charge in [-0.05, 0) is 134 Å². The minimum absolute atomic E-state index is 0.465. The number of hydrogen-bond donors (Lipinski definition) is 0. The Bertz CT molecular complexity index is 1190. The molecule has 0 aliphatic heterocycles. The van der Waals surface area contributed by atoms with Crippen molar-refractivity contribution in [3.63, 3.8) is 0 Å². The van der Waals surface area contributed by atoms with Gasteiger partial charge in [0.05, 0.1) is 0 Å². The zero-order valence-electron chi connectivity index (χ0n) is 25.6. The fourth-order valence-corrected chi connectivity index (χ4v) is 13.3. The van der Waals surface area contributed by atoms with E-state index >= 15 is 0 Å². The van der Waals surface area contributed by atoms with E-state index in [4.69, 9.17) is 9.97 Å². The van der Waals surface area contributed by atoms with Crippen LogP contribution in [0.3, 0.4) is 0 Å². The van der Waals surface area contributed by atoms with Gasteiger partial charge in [-0.1, -0.05) is 74.0 Å². The summed E-state index contributed by atoms with van der Waals surface area (Å²) in [7, 11) is 0. The lowest BCUT2D eigenvalue weighted by Crippen LogP contribution is -2.54. The maximum Gasteiger partial charge on any atom is 0.211 e. The number of hydrogen-bond acceptors (Lipinski definition) is 2. The van der Waals surface area contributed by atoms with E-state index in [9.17, 15) is 0 Å². The summed E-state index contributed by atoms with van der Waals surface area (Å²) in [6, 6.07) is 13.5. The van der Waals surface area contributed by atoms with Crippen molar-refractivity contribution in [3.05, 3.63) is 72.1 Å². The Morgan fingerprint density at radius 3 is 1.19 bits per heavy atom. The van der Waals surface area contributed by atoms with Crippen LogP contribution in [0.4, 0.5) is 0 Å². The number of rotatable bonds is 8. The first-order chi connectivity index (χ1) is 20.6. The fourth-order valence-electron chi connectivity index (χ4n) is 13.3. The Labute approximate surface area is 254 Å². The van der Waals surface area contributed by atoms with Crippen LogP contribution in [0.25, 0.3) is 0 Å². The van der Waals surface area contributed by atoms with Crippen LogP contribution in [0.2, 0.25) is 23.3 Å². The van der Waals surface area contributed by atoms with Gasteiger partial charge in [0, 0.05) is 23.6 Å². The Morgan fingerprint density at radius 2 is 0.881 bits per heavy atom. The Balaban J connectivity index is 1.05. The summed E-state index contributed by atoms with van der Waals surface area (Å²) in [5.74, 6) is 5.85. The van der Waals surface area contributed by atoms with E-state index in [0.717, 1.165) is 35.5 Å². The van der Waals surface area contributed by atoms with Crippen molar-refractivity contribution in [2.75, 3.05) is 0 Å². The minimum atomic E-state index is 0.465. The Kier molecular flexibility index (Phi) is 6.42. The van der Waals surface area contributed by atoms with Crippen LogP contribution >= 0.6 is 0 Å². The van der Waals surface area contributed by atoms with Crippen molar-refractivity contribution < 1.29 is 0 Å². The maximum absolute atomic E-state index is 5.11. The van der Waals surface area contributed by atoms with Crippen molar-refractivity contribution in [1.82, 2.24) is 9.97 Å². The van der Waals surface area contributed by atoms with Crippen molar-refractivity contribution in [2.45, 2.75) is 113 Å². The van der Waals surface area contributed by atoms with E-state index in [-0.39, 0.29) is 0 Å². The first-order valence-electron chi connectivity index (χ1n) is 17.8. The van der Waals surface area contributed by atoms with Crippen LogP contribution in [0.5, 0.6) is 0 Å². The van der Waals surface area contributed by atoms with Gasteiger partial charge in [0.15, 0.2) is 0 Å². The van der Waals surface area contributed by atoms with E-state index in [1.807, 2.05) is 0 Å². The summed E-state index contributed by atoms with van der Waals surface area (Å²) in [5, 5.41) is 0.930. The molecule has 2 heterocycles. The summed E-state index contributed by atoms with van der Waals surface area (Å²) >= 11 is 0. The lowest BCUT2D eigenvalue weighted by Gasteiger charge is -2.59. The first-order valence-corrected chi connectivity index (χ1v) is 17.8. The third-order valence-corrected chi connectivity index (χ3v) is 13.9. The van der Waals surface area contributed by atoms with Gasteiger partial charge < -0.3 is 0 Å². The molecule has 42 heavy (non-hydrogen) atoms. The molecule has 216 valence electrons. The number of nitrogens with zero attached hydrogens (tertiary/aromatic N) is 2. The molecular formula is C38H48B2N2. The molecule has 0 radical (unpaired) electrons. The Hall–Kier alpha value is -2.09. The van der Waals surface area contributed by atoms with E-state index in [2.05, 4.69) is 60.9 Å². The minimum Gasteiger partial charge on any atom is -0.271 e. The molecule has 0 spiro atoms. The zero-order valence-corrected chi connectivity index (χ0v) is 25.6. The third-order valence-electron chi connectivity index (χ3n) is 13.9. The highest BCUT2D eigenvalue weighted by Crippen LogP contribution is 2.67. The lowest BCUT2D eigenvalue weighted by atomic mass is 9.21. The topological polar surface area (TPSA) is 25.8 Å². The largest absolute Gasteiger partial charge is 0.271 e. The number of pyridine rings is 2. The number of aromatic nitrogens is 2. The van der Waals surface area contributed by atoms with Crippen LogP contribution in [-0.4, -0.2) is 23.4 Å². The fraction of sp³-hybridized carbons (Fsp3) is 0.632. The highest BCUT2D eigenvalue weighted by atomic mass is 14.7. The maximum atomic E-state index is 5.11. The summed E-state index contributed by atoms with van der Waals surface area (Å²) in [6.07, 6.45) is 32.1. The third kappa shape index (κ3) is 4.52. The Morgan fingerprint density at radius 1 is 0.524 bits per heavy atom. The molecule has 0 N–H and O–H groups in total. The molecule has 8 fully saturated rings. The molecule has 2 aromatic heterocycles. The highest BCUT2D eigenvalue weighted by molar-refractivity contribution is 6.77. The van der Waals surface area contributed by atoms with Gasteiger partial charge >= 0.3 is 0 Å². The van der Waals surface area contributed by atoms with Gasteiger partial charge in [-0.15, -0.1) is 0 Å². The normalized spacial score (nSPS) is 39.2. The molecule has 0 unspecified atom stereocenters. The SMILES string of the molecule is C1=C(CB(c2ccccn2)C23CC4CC(CC(C4)C2)C3)C(CB(c2ccccn2)C23CC4CC(CC(C4)C2)C3)=CCC1. The average molecular weight is 554 g/mol.